The predicted molar refractivity (Wildman–Crippen MR) is 122 cm³/mol. The van der Waals surface area contributed by atoms with Crippen LogP contribution in [-0.4, -0.2) is 28.9 Å². The van der Waals surface area contributed by atoms with E-state index in [1.807, 2.05) is 24.3 Å². The number of aryl methyl sites for hydroxylation is 3. The zero-order valence-corrected chi connectivity index (χ0v) is 18.2. The van der Waals surface area contributed by atoms with Gasteiger partial charge in [0.1, 0.15) is 22.7 Å². The predicted octanol–water partition coefficient (Wildman–Crippen LogP) is 5.86. The number of hydrogen-bond donors (Lipinski definition) is 1. The van der Waals surface area contributed by atoms with Gasteiger partial charge in [-0.2, -0.15) is 0 Å². The van der Waals surface area contributed by atoms with E-state index in [0.29, 0.717) is 38.4 Å². The van der Waals surface area contributed by atoms with Gasteiger partial charge in [0.2, 0.25) is 5.13 Å². The van der Waals surface area contributed by atoms with Crippen LogP contribution in [0.5, 0.6) is 5.75 Å². The molecule has 2 aromatic carbocycles. The Morgan fingerprint density at radius 2 is 2.06 bits per heavy atom. The lowest BCUT2D eigenvalue weighted by molar-refractivity contribution is 0.0526. The lowest BCUT2D eigenvalue weighted by Gasteiger charge is -2.08. The second-order valence-electron chi connectivity index (χ2n) is 7.60. The molecule has 0 aliphatic heterocycles. The molecule has 0 amide bonds. The van der Waals surface area contributed by atoms with E-state index in [4.69, 9.17) is 9.15 Å². The van der Waals surface area contributed by atoms with Crippen LogP contribution in [0.4, 0.5) is 5.13 Å². The number of carbonyl (C=O) groups is 1. The lowest BCUT2D eigenvalue weighted by atomic mass is 9.98. The van der Waals surface area contributed by atoms with E-state index in [1.165, 1.54) is 11.3 Å². The minimum absolute atomic E-state index is 0.0551. The van der Waals surface area contributed by atoms with Crippen molar-refractivity contribution in [1.82, 2.24) is 4.98 Å². The van der Waals surface area contributed by atoms with Crippen LogP contribution in [0.1, 0.15) is 52.0 Å². The third kappa shape index (κ3) is 3.29. The van der Waals surface area contributed by atoms with Gasteiger partial charge in [0.25, 0.3) is 0 Å². The number of rotatable bonds is 4. The number of phenols is 1. The molecule has 0 saturated carbocycles. The first-order chi connectivity index (χ1) is 15.1. The molecule has 6 nitrogen and oxygen atoms in total. The third-order valence-corrected chi connectivity index (χ3v) is 6.72. The molecule has 158 valence electrons. The van der Waals surface area contributed by atoms with Gasteiger partial charge in [0, 0.05) is 32.8 Å². The first-order valence-corrected chi connectivity index (χ1v) is 11.3. The maximum Gasteiger partial charge on any atom is 0.342 e. The van der Waals surface area contributed by atoms with Gasteiger partial charge in [-0.3, -0.25) is 0 Å². The topological polar surface area (TPSA) is 84.9 Å². The van der Waals surface area contributed by atoms with Crippen LogP contribution in [0, 0.1) is 6.92 Å². The van der Waals surface area contributed by atoms with Crippen LogP contribution in [-0.2, 0) is 17.6 Å². The van der Waals surface area contributed by atoms with Crippen molar-refractivity contribution in [2.45, 2.75) is 39.5 Å². The van der Waals surface area contributed by atoms with E-state index in [-0.39, 0.29) is 12.4 Å². The molecular formula is C24H22N2O4S. The number of esters is 1. The zero-order valence-electron chi connectivity index (χ0n) is 17.4. The Bertz CT molecular complexity index is 1330. The highest BCUT2D eigenvalue weighted by Gasteiger charge is 2.26. The molecule has 0 unspecified atom stereocenters. The van der Waals surface area contributed by atoms with Gasteiger partial charge < -0.3 is 14.3 Å². The maximum atomic E-state index is 12.7. The molecule has 5 rings (SSSR count). The third-order valence-electron chi connectivity index (χ3n) is 5.65. The first-order valence-electron chi connectivity index (χ1n) is 10.4. The highest BCUT2D eigenvalue weighted by molar-refractivity contribution is 7.15. The number of aliphatic imine (C=N–C) groups is 1. The molecule has 4 aromatic rings. The van der Waals surface area contributed by atoms with Crippen molar-refractivity contribution in [3.8, 4) is 5.75 Å². The van der Waals surface area contributed by atoms with Crippen molar-refractivity contribution in [1.29, 1.82) is 0 Å². The Labute approximate surface area is 183 Å². The van der Waals surface area contributed by atoms with Crippen LogP contribution in [0.2, 0.25) is 0 Å². The second kappa shape index (κ2) is 7.81. The summed E-state index contributed by atoms with van der Waals surface area (Å²) in [4.78, 5) is 23.3. The van der Waals surface area contributed by atoms with Gasteiger partial charge in [-0.25, -0.2) is 14.8 Å². The quantitative estimate of drug-likeness (QED) is 0.321. The van der Waals surface area contributed by atoms with Gasteiger partial charge in [-0.1, -0.05) is 35.6 Å². The number of aromatic hydroxyl groups is 1. The maximum absolute atomic E-state index is 12.7. The van der Waals surface area contributed by atoms with Gasteiger partial charge in [-0.05, 0) is 39.5 Å². The second-order valence-corrected chi connectivity index (χ2v) is 8.66. The fraction of sp³-hybridized carbons (Fsp3) is 0.292. The Hall–Kier alpha value is -3.19. The highest BCUT2D eigenvalue weighted by Crippen LogP contribution is 2.41. The minimum Gasteiger partial charge on any atom is -0.507 e. The van der Waals surface area contributed by atoms with E-state index in [1.54, 1.807) is 31.4 Å². The van der Waals surface area contributed by atoms with Crippen molar-refractivity contribution in [2.24, 2.45) is 4.99 Å². The van der Waals surface area contributed by atoms with Crippen LogP contribution in [0.3, 0.4) is 0 Å². The number of thiazole rings is 1. The van der Waals surface area contributed by atoms with Gasteiger partial charge in [0.15, 0.2) is 0 Å². The van der Waals surface area contributed by atoms with Gasteiger partial charge in [0.05, 0.1) is 12.3 Å². The molecule has 7 heteroatoms. The molecule has 2 heterocycles. The van der Waals surface area contributed by atoms with E-state index in [9.17, 15) is 9.90 Å². The number of fused-ring (bicyclic) bond motifs is 4. The summed E-state index contributed by atoms with van der Waals surface area (Å²) in [6, 6.07) is 7.42. The molecule has 1 aliphatic rings. The number of hydrogen-bond acceptors (Lipinski definition) is 7. The van der Waals surface area contributed by atoms with Crippen molar-refractivity contribution in [3.05, 3.63) is 51.7 Å². The first kappa shape index (κ1) is 19.8. The van der Waals surface area contributed by atoms with Crippen LogP contribution >= 0.6 is 11.3 Å². The molecule has 0 radical (unpaired) electrons. The number of furan rings is 1. The SMILES string of the molecule is CCOC(=O)c1c(C)oc2c1c(C=Nc1nc3c(s1)CCCC3)c(O)c1ccccc12. The van der Waals surface area contributed by atoms with Crippen molar-refractivity contribution in [3.63, 3.8) is 0 Å². The molecule has 2 aromatic heterocycles. The van der Waals surface area contributed by atoms with Crippen LogP contribution < -0.4 is 0 Å². The van der Waals surface area contributed by atoms with Crippen molar-refractivity contribution < 1.29 is 19.1 Å². The average molecular weight is 435 g/mol. The monoisotopic (exact) mass is 434 g/mol. The van der Waals surface area contributed by atoms with E-state index in [0.717, 1.165) is 30.3 Å². The van der Waals surface area contributed by atoms with E-state index >= 15 is 0 Å². The molecule has 0 atom stereocenters. The summed E-state index contributed by atoms with van der Waals surface area (Å²) in [6.07, 6.45) is 5.96. The number of nitrogens with zero attached hydrogens (tertiary/aromatic N) is 2. The fourth-order valence-corrected chi connectivity index (χ4v) is 5.22. The molecular weight excluding hydrogens is 412 g/mol. The summed E-state index contributed by atoms with van der Waals surface area (Å²) >= 11 is 1.59. The molecule has 0 bridgehead atoms. The number of aromatic nitrogens is 1. The summed E-state index contributed by atoms with van der Waals surface area (Å²) < 4.78 is 11.3. The zero-order chi connectivity index (χ0) is 21.5. The number of phenolic OH excluding ortho intramolecular Hbond substituents is 1. The Morgan fingerprint density at radius 3 is 2.84 bits per heavy atom. The molecule has 0 spiro atoms. The standard InChI is InChI=1S/C24H22N2O4S/c1-3-29-23(28)19-13(2)30-22-15-9-5-4-8-14(15)21(27)16(20(19)22)12-25-24-26-17-10-6-7-11-18(17)31-24/h4-5,8-9,12,27H,3,6-7,10-11H2,1-2H3. The van der Waals surface area contributed by atoms with Gasteiger partial charge in [-0.15, -0.1) is 0 Å². The number of benzene rings is 2. The smallest absolute Gasteiger partial charge is 0.342 e. The van der Waals surface area contributed by atoms with Gasteiger partial charge >= 0.3 is 5.97 Å². The summed E-state index contributed by atoms with van der Waals surface area (Å²) in [6.45, 7) is 3.74. The highest BCUT2D eigenvalue weighted by atomic mass is 32.1. The van der Waals surface area contributed by atoms with Crippen LogP contribution in [0.25, 0.3) is 21.7 Å². The van der Waals surface area contributed by atoms with E-state index in [2.05, 4.69) is 9.98 Å². The summed E-state index contributed by atoms with van der Waals surface area (Å²) in [5.74, 6) is 0.0240. The summed E-state index contributed by atoms with van der Waals surface area (Å²) in [5.41, 5.74) is 2.41. The summed E-state index contributed by atoms with van der Waals surface area (Å²) in [7, 11) is 0. The normalized spacial score (nSPS) is 13.9. The molecule has 1 aliphatic carbocycles. The van der Waals surface area contributed by atoms with E-state index < -0.39 is 5.97 Å². The molecule has 0 saturated heterocycles. The van der Waals surface area contributed by atoms with Crippen molar-refractivity contribution >= 4 is 50.4 Å². The fourth-order valence-electron chi connectivity index (χ4n) is 4.23. The number of ether oxygens (including phenoxy) is 1. The Kier molecular flexibility index (Phi) is 4.98. The molecule has 31 heavy (non-hydrogen) atoms. The van der Waals surface area contributed by atoms with Crippen LogP contribution in [0.15, 0.2) is 33.7 Å². The minimum atomic E-state index is -0.479. The van der Waals surface area contributed by atoms with Crippen molar-refractivity contribution in [2.75, 3.05) is 6.61 Å². The number of carbonyl (C=O) groups excluding carboxylic acids is 1. The Morgan fingerprint density at radius 1 is 1.29 bits per heavy atom. The average Bonchev–Trinajstić information content (AvgIpc) is 3.34. The Balaban J connectivity index is 1.74. The summed E-state index contributed by atoms with van der Waals surface area (Å²) in [5, 5.41) is 13.7. The lowest BCUT2D eigenvalue weighted by Crippen LogP contribution is -2.06. The molecule has 0 fully saturated rings. The molecule has 1 N–H and O–H groups in total. The largest absolute Gasteiger partial charge is 0.507 e.